The Morgan fingerprint density at radius 1 is 1.47 bits per heavy atom. The maximum atomic E-state index is 10.9. The third-order valence-electron chi connectivity index (χ3n) is 3.39. The Kier molecular flexibility index (Phi) is 4.38. The van der Waals surface area contributed by atoms with Crippen LogP contribution in [0.3, 0.4) is 0 Å². The number of aromatic nitrogens is 1. The topological polar surface area (TPSA) is 86.0 Å². The Labute approximate surface area is 119 Å². The summed E-state index contributed by atoms with van der Waals surface area (Å²) in [7, 11) is 0. The lowest BCUT2D eigenvalue weighted by atomic mass is 9.86. The monoisotopic (exact) mass is 323 g/mol. The van der Waals surface area contributed by atoms with E-state index < -0.39 is 5.97 Å². The Bertz CT molecular complexity index is 519. The number of hydrogen-bond donors (Lipinski definition) is 2. The van der Waals surface area contributed by atoms with E-state index in [-0.39, 0.29) is 12.0 Å². The average Bonchev–Trinajstić information content (AvgIpc) is 2.41. The van der Waals surface area contributed by atoms with Crippen molar-refractivity contribution in [3.8, 4) is 6.07 Å². The van der Waals surface area contributed by atoms with E-state index in [1.807, 2.05) is 0 Å². The minimum atomic E-state index is -0.710. The van der Waals surface area contributed by atoms with Gasteiger partial charge in [0.05, 0.1) is 11.5 Å². The van der Waals surface area contributed by atoms with Gasteiger partial charge >= 0.3 is 5.97 Å². The van der Waals surface area contributed by atoms with Crippen LogP contribution in [0.25, 0.3) is 0 Å². The number of carboxylic acids is 1. The molecule has 2 rings (SSSR count). The van der Waals surface area contributed by atoms with Crippen molar-refractivity contribution in [3.05, 3.63) is 22.3 Å². The molecule has 0 unspecified atom stereocenters. The van der Waals surface area contributed by atoms with Gasteiger partial charge in [-0.2, -0.15) is 5.26 Å². The van der Waals surface area contributed by atoms with Gasteiger partial charge in [-0.3, -0.25) is 4.79 Å². The van der Waals surface area contributed by atoms with Crippen LogP contribution >= 0.6 is 15.9 Å². The molecule has 100 valence electrons. The largest absolute Gasteiger partial charge is 0.481 e. The van der Waals surface area contributed by atoms with Gasteiger partial charge in [-0.05, 0) is 47.7 Å². The Morgan fingerprint density at radius 3 is 2.74 bits per heavy atom. The summed E-state index contributed by atoms with van der Waals surface area (Å²) in [6.07, 6.45) is 4.57. The number of hydrogen-bond acceptors (Lipinski definition) is 4. The molecule has 1 aromatic heterocycles. The zero-order chi connectivity index (χ0) is 13.8. The minimum Gasteiger partial charge on any atom is -0.481 e. The van der Waals surface area contributed by atoms with Crippen LogP contribution in [0.2, 0.25) is 0 Å². The van der Waals surface area contributed by atoms with Gasteiger partial charge in [0.1, 0.15) is 11.9 Å². The molecule has 5 nitrogen and oxygen atoms in total. The second-order valence-electron chi connectivity index (χ2n) is 4.69. The molecule has 0 amide bonds. The molecular weight excluding hydrogens is 310 g/mol. The first-order valence-electron chi connectivity index (χ1n) is 6.15. The summed E-state index contributed by atoms with van der Waals surface area (Å²) in [5.74, 6) is -0.367. The van der Waals surface area contributed by atoms with Crippen molar-refractivity contribution in [1.82, 2.24) is 4.98 Å². The van der Waals surface area contributed by atoms with Crippen LogP contribution in [0, 0.1) is 17.2 Å². The van der Waals surface area contributed by atoms with Crippen molar-refractivity contribution in [1.29, 1.82) is 5.26 Å². The van der Waals surface area contributed by atoms with Gasteiger partial charge in [0, 0.05) is 16.7 Å². The summed E-state index contributed by atoms with van der Waals surface area (Å²) >= 11 is 3.28. The number of pyridine rings is 1. The molecule has 0 aliphatic heterocycles. The highest BCUT2D eigenvalue weighted by Gasteiger charge is 2.26. The first-order chi connectivity index (χ1) is 9.10. The number of nitriles is 1. The van der Waals surface area contributed by atoms with Crippen molar-refractivity contribution < 1.29 is 9.90 Å². The molecule has 6 heteroatoms. The summed E-state index contributed by atoms with van der Waals surface area (Å²) in [5.41, 5.74) is 0.495. The van der Waals surface area contributed by atoms with Crippen molar-refractivity contribution in [2.45, 2.75) is 31.7 Å². The Hall–Kier alpha value is -1.61. The first-order valence-corrected chi connectivity index (χ1v) is 6.94. The maximum Gasteiger partial charge on any atom is 0.306 e. The lowest BCUT2D eigenvalue weighted by Gasteiger charge is -2.27. The van der Waals surface area contributed by atoms with Gasteiger partial charge in [-0.15, -0.1) is 0 Å². The summed E-state index contributed by atoms with van der Waals surface area (Å²) in [6.45, 7) is 0. The molecular formula is C13H14BrN3O2. The van der Waals surface area contributed by atoms with Gasteiger partial charge in [0.2, 0.25) is 0 Å². The maximum absolute atomic E-state index is 10.9. The van der Waals surface area contributed by atoms with E-state index in [0.29, 0.717) is 24.2 Å². The summed E-state index contributed by atoms with van der Waals surface area (Å²) in [4.78, 5) is 15.1. The smallest absolute Gasteiger partial charge is 0.306 e. The number of carboxylic acid groups (broad SMARTS) is 1. The number of anilines is 1. The minimum absolute atomic E-state index is 0.191. The molecule has 1 heterocycles. The van der Waals surface area contributed by atoms with Crippen molar-refractivity contribution in [2.24, 2.45) is 5.92 Å². The summed E-state index contributed by atoms with van der Waals surface area (Å²) in [6, 6.07) is 4.02. The van der Waals surface area contributed by atoms with Gasteiger partial charge in [-0.25, -0.2) is 4.98 Å². The molecule has 2 N–H and O–H groups in total. The van der Waals surface area contributed by atoms with E-state index in [4.69, 9.17) is 10.4 Å². The molecule has 19 heavy (non-hydrogen) atoms. The first kappa shape index (κ1) is 13.8. The van der Waals surface area contributed by atoms with Crippen LogP contribution in [-0.2, 0) is 4.79 Å². The molecule has 0 bridgehead atoms. The average molecular weight is 324 g/mol. The Morgan fingerprint density at radius 2 is 2.16 bits per heavy atom. The van der Waals surface area contributed by atoms with Gasteiger partial charge in [-0.1, -0.05) is 0 Å². The van der Waals surface area contributed by atoms with Crippen LogP contribution in [0.1, 0.15) is 31.2 Å². The van der Waals surface area contributed by atoms with E-state index in [2.05, 4.69) is 32.3 Å². The van der Waals surface area contributed by atoms with Crippen LogP contribution in [0.15, 0.2) is 16.7 Å². The lowest BCUT2D eigenvalue weighted by Crippen LogP contribution is -2.29. The van der Waals surface area contributed by atoms with Crippen molar-refractivity contribution in [2.75, 3.05) is 5.32 Å². The van der Waals surface area contributed by atoms with Gasteiger partial charge < -0.3 is 10.4 Å². The van der Waals surface area contributed by atoms with E-state index in [1.165, 1.54) is 0 Å². The summed E-state index contributed by atoms with van der Waals surface area (Å²) in [5, 5.41) is 21.2. The molecule has 0 spiro atoms. The number of rotatable bonds is 3. The highest BCUT2D eigenvalue weighted by molar-refractivity contribution is 9.10. The molecule has 1 saturated carbocycles. The van der Waals surface area contributed by atoms with Crippen molar-refractivity contribution >= 4 is 27.7 Å². The highest BCUT2D eigenvalue weighted by atomic mass is 79.9. The lowest BCUT2D eigenvalue weighted by molar-refractivity contribution is -0.142. The zero-order valence-electron chi connectivity index (χ0n) is 10.3. The third-order valence-corrected chi connectivity index (χ3v) is 3.83. The SMILES string of the molecule is N#Cc1cc(Br)cnc1NC1CCC(C(=O)O)CC1. The predicted octanol–water partition coefficient (Wildman–Crippen LogP) is 2.77. The molecule has 1 aliphatic carbocycles. The van der Waals surface area contributed by atoms with E-state index in [1.54, 1.807) is 12.3 Å². The molecule has 1 aromatic rings. The van der Waals surface area contributed by atoms with Crippen LogP contribution in [0.4, 0.5) is 5.82 Å². The number of halogens is 1. The van der Waals surface area contributed by atoms with Crippen LogP contribution < -0.4 is 5.32 Å². The van der Waals surface area contributed by atoms with Crippen LogP contribution in [0.5, 0.6) is 0 Å². The fourth-order valence-electron chi connectivity index (χ4n) is 2.32. The normalized spacial score (nSPS) is 22.5. The number of aliphatic carboxylic acids is 1. The molecule has 1 aliphatic rings. The zero-order valence-corrected chi connectivity index (χ0v) is 11.9. The Balaban J connectivity index is 2.00. The molecule has 0 aromatic carbocycles. The predicted molar refractivity (Wildman–Crippen MR) is 73.7 cm³/mol. The fraction of sp³-hybridized carbons (Fsp3) is 0.462. The van der Waals surface area contributed by atoms with E-state index >= 15 is 0 Å². The van der Waals surface area contributed by atoms with Gasteiger partial charge in [0.25, 0.3) is 0 Å². The van der Waals surface area contributed by atoms with Crippen LogP contribution in [-0.4, -0.2) is 22.1 Å². The second-order valence-corrected chi connectivity index (χ2v) is 5.61. The quantitative estimate of drug-likeness (QED) is 0.893. The highest BCUT2D eigenvalue weighted by Crippen LogP contribution is 2.27. The fourth-order valence-corrected chi connectivity index (χ4v) is 2.65. The van der Waals surface area contributed by atoms with E-state index in [0.717, 1.165) is 17.3 Å². The standard InChI is InChI=1S/C13H14BrN3O2/c14-10-5-9(6-15)12(16-7-10)17-11-3-1-8(2-4-11)13(18)19/h5,7-8,11H,1-4H2,(H,16,17)(H,18,19). The molecule has 0 atom stereocenters. The van der Waals surface area contributed by atoms with Gasteiger partial charge in [0.15, 0.2) is 0 Å². The number of nitrogens with one attached hydrogen (secondary N) is 1. The third kappa shape index (κ3) is 3.44. The van der Waals surface area contributed by atoms with Crippen molar-refractivity contribution in [3.63, 3.8) is 0 Å². The molecule has 0 saturated heterocycles. The number of nitrogens with zero attached hydrogens (tertiary/aromatic N) is 2. The molecule has 0 radical (unpaired) electrons. The van der Waals surface area contributed by atoms with E-state index in [9.17, 15) is 4.79 Å². The summed E-state index contributed by atoms with van der Waals surface area (Å²) < 4.78 is 0.768. The molecule has 1 fully saturated rings. The second kappa shape index (κ2) is 6.02. The number of carbonyl (C=O) groups is 1.